The fraction of sp³-hybridized carbons (Fsp3) is 0.821. The van der Waals surface area contributed by atoms with Crippen molar-refractivity contribution in [3.8, 4) is 6.07 Å². The number of hydrogen-bond acceptors (Lipinski definition) is 4. The maximum Gasteiger partial charge on any atom is 0.162 e. The standard InChI is InChI=1S/C28H39N3O2/c1-27(33)10-7-20-18(14-27)5-6-22-21(20)8-11-28(2)24(13-23(26(22)28)17-3-4-17)25(32)16-31-12-9-19(15-29)30-31/h9,12,17-18,20-24,26,33H,3-8,10-11,13-14,16H2,1-2H3/t18-,20+,21-,22-,23?,24-,26-,27-,28-/m1/s1. The van der Waals surface area contributed by atoms with E-state index in [0.29, 0.717) is 35.8 Å². The minimum Gasteiger partial charge on any atom is -0.390 e. The summed E-state index contributed by atoms with van der Waals surface area (Å²) in [7, 11) is 0. The van der Waals surface area contributed by atoms with Crippen molar-refractivity contribution in [1.82, 2.24) is 9.78 Å². The third-order valence-corrected chi connectivity index (χ3v) is 11.0. The van der Waals surface area contributed by atoms with Crippen LogP contribution in [0.2, 0.25) is 0 Å². The lowest BCUT2D eigenvalue weighted by Gasteiger charge is -2.57. The van der Waals surface area contributed by atoms with E-state index in [4.69, 9.17) is 5.26 Å². The summed E-state index contributed by atoms with van der Waals surface area (Å²) in [6, 6.07) is 3.77. The molecule has 1 aromatic heterocycles. The predicted octanol–water partition coefficient (Wildman–Crippen LogP) is 4.98. The number of ketones is 1. The summed E-state index contributed by atoms with van der Waals surface area (Å²) in [5.74, 6) is 5.77. The molecule has 1 heterocycles. The van der Waals surface area contributed by atoms with Gasteiger partial charge in [0.1, 0.15) is 6.07 Å². The van der Waals surface area contributed by atoms with Gasteiger partial charge in [-0.2, -0.15) is 10.4 Å². The molecule has 1 aromatic rings. The second-order valence-corrected chi connectivity index (χ2v) is 12.9. The number of aromatic nitrogens is 2. The third-order valence-electron chi connectivity index (χ3n) is 11.0. The van der Waals surface area contributed by atoms with Crippen LogP contribution in [-0.2, 0) is 11.3 Å². The molecule has 0 saturated heterocycles. The van der Waals surface area contributed by atoms with Gasteiger partial charge >= 0.3 is 0 Å². The summed E-state index contributed by atoms with van der Waals surface area (Å²) < 4.78 is 1.68. The Hall–Kier alpha value is -1.67. The Morgan fingerprint density at radius 3 is 2.58 bits per heavy atom. The van der Waals surface area contributed by atoms with Gasteiger partial charge in [0.15, 0.2) is 11.5 Å². The molecule has 1 unspecified atom stereocenters. The molecular formula is C28H39N3O2. The number of nitrogens with zero attached hydrogens (tertiary/aromatic N) is 3. The van der Waals surface area contributed by atoms with Crippen LogP contribution in [0.3, 0.4) is 0 Å². The predicted molar refractivity (Wildman–Crippen MR) is 125 cm³/mol. The normalized spacial score (nSPS) is 46.7. The zero-order chi connectivity index (χ0) is 23.0. The van der Waals surface area contributed by atoms with Crippen LogP contribution in [0.1, 0.15) is 83.7 Å². The van der Waals surface area contributed by atoms with Crippen molar-refractivity contribution in [3.05, 3.63) is 18.0 Å². The molecule has 178 valence electrons. The van der Waals surface area contributed by atoms with Gasteiger partial charge in [0.05, 0.1) is 12.1 Å². The molecule has 0 aromatic carbocycles. The molecule has 5 heteroatoms. The Labute approximate surface area is 197 Å². The first-order chi connectivity index (χ1) is 15.8. The average molecular weight is 450 g/mol. The van der Waals surface area contributed by atoms with E-state index in [2.05, 4.69) is 18.1 Å². The first-order valence-corrected chi connectivity index (χ1v) is 13.5. The number of hydrogen-bond donors (Lipinski definition) is 1. The smallest absolute Gasteiger partial charge is 0.162 e. The molecule has 5 fully saturated rings. The molecule has 9 atom stereocenters. The monoisotopic (exact) mass is 449 g/mol. The number of carbonyl (C=O) groups is 1. The van der Waals surface area contributed by atoms with Crippen LogP contribution in [0, 0.1) is 64.1 Å². The van der Waals surface area contributed by atoms with Gasteiger partial charge in [0, 0.05) is 12.1 Å². The Morgan fingerprint density at radius 2 is 1.85 bits per heavy atom. The summed E-state index contributed by atoms with van der Waals surface area (Å²) in [4.78, 5) is 13.6. The molecule has 5 aliphatic rings. The number of fused-ring (bicyclic) bond motifs is 5. The van der Waals surface area contributed by atoms with Crippen molar-refractivity contribution < 1.29 is 9.90 Å². The van der Waals surface area contributed by atoms with Crippen molar-refractivity contribution in [2.24, 2.45) is 52.8 Å². The summed E-state index contributed by atoms with van der Waals surface area (Å²) >= 11 is 0. The lowest BCUT2D eigenvalue weighted by atomic mass is 9.48. The Bertz CT molecular complexity index is 972. The van der Waals surface area contributed by atoms with Gasteiger partial charge in [-0.25, -0.2) is 0 Å². The van der Waals surface area contributed by atoms with Crippen molar-refractivity contribution in [1.29, 1.82) is 5.26 Å². The molecule has 6 rings (SSSR count). The van der Waals surface area contributed by atoms with E-state index in [1.165, 1.54) is 44.9 Å². The first kappa shape index (κ1) is 21.8. The van der Waals surface area contributed by atoms with Crippen LogP contribution in [-0.4, -0.2) is 26.3 Å². The van der Waals surface area contributed by atoms with Gasteiger partial charge in [-0.15, -0.1) is 0 Å². The topological polar surface area (TPSA) is 78.9 Å². The second kappa shape index (κ2) is 7.67. The second-order valence-electron chi connectivity index (χ2n) is 12.9. The molecule has 5 nitrogen and oxygen atoms in total. The van der Waals surface area contributed by atoms with Crippen LogP contribution in [0.25, 0.3) is 0 Å². The van der Waals surface area contributed by atoms with E-state index in [9.17, 15) is 9.90 Å². The van der Waals surface area contributed by atoms with Gasteiger partial charge in [-0.3, -0.25) is 9.48 Å². The highest BCUT2D eigenvalue weighted by Crippen LogP contribution is 2.69. The molecule has 0 aliphatic heterocycles. The fourth-order valence-electron chi connectivity index (χ4n) is 9.55. The van der Waals surface area contributed by atoms with E-state index in [-0.39, 0.29) is 11.3 Å². The maximum atomic E-state index is 13.6. The molecule has 0 radical (unpaired) electrons. The van der Waals surface area contributed by atoms with E-state index in [1.54, 1.807) is 16.9 Å². The summed E-state index contributed by atoms with van der Waals surface area (Å²) in [6.07, 6.45) is 13.7. The highest BCUT2D eigenvalue weighted by molar-refractivity contribution is 5.82. The highest BCUT2D eigenvalue weighted by Gasteiger charge is 2.63. The van der Waals surface area contributed by atoms with E-state index in [0.717, 1.165) is 42.9 Å². The van der Waals surface area contributed by atoms with Gasteiger partial charge < -0.3 is 5.11 Å². The first-order valence-electron chi connectivity index (χ1n) is 13.5. The van der Waals surface area contributed by atoms with Crippen molar-refractivity contribution in [2.45, 2.75) is 90.2 Å². The van der Waals surface area contributed by atoms with Crippen molar-refractivity contribution in [2.75, 3.05) is 0 Å². The van der Waals surface area contributed by atoms with E-state index < -0.39 is 5.60 Å². The van der Waals surface area contributed by atoms with Gasteiger partial charge in [-0.05, 0) is 124 Å². The number of aliphatic hydroxyl groups is 1. The number of nitriles is 1. The number of rotatable bonds is 4. The van der Waals surface area contributed by atoms with Crippen LogP contribution >= 0.6 is 0 Å². The third kappa shape index (κ3) is 3.59. The van der Waals surface area contributed by atoms with Gasteiger partial charge in [0.2, 0.25) is 0 Å². The lowest BCUT2D eigenvalue weighted by molar-refractivity contribution is -0.134. The molecule has 1 N–H and O–H groups in total. The molecule has 33 heavy (non-hydrogen) atoms. The Kier molecular flexibility index (Phi) is 5.07. The maximum absolute atomic E-state index is 13.6. The highest BCUT2D eigenvalue weighted by atomic mass is 16.3. The van der Waals surface area contributed by atoms with Crippen molar-refractivity contribution >= 4 is 5.78 Å². The van der Waals surface area contributed by atoms with Crippen LogP contribution in [0.4, 0.5) is 0 Å². The summed E-state index contributed by atoms with van der Waals surface area (Å²) in [6.45, 7) is 4.81. The molecule has 0 bridgehead atoms. The number of carbonyl (C=O) groups excluding carboxylic acids is 1. The van der Waals surface area contributed by atoms with E-state index >= 15 is 0 Å². The van der Waals surface area contributed by atoms with E-state index in [1.807, 2.05) is 6.92 Å². The molecule has 0 amide bonds. The Morgan fingerprint density at radius 1 is 1.09 bits per heavy atom. The molecule has 0 spiro atoms. The average Bonchev–Trinajstić information content (AvgIpc) is 3.43. The molecule has 5 aliphatic carbocycles. The van der Waals surface area contributed by atoms with Gasteiger partial charge in [-0.1, -0.05) is 6.92 Å². The van der Waals surface area contributed by atoms with Crippen LogP contribution in [0.5, 0.6) is 0 Å². The summed E-state index contributed by atoms with van der Waals surface area (Å²) in [5.41, 5.74) is 0.0399. The number of Topliss-reactive ketones (excluding diaryl/α,β-unsaturated/α-hetero) is 1. The minimum absolute atomic E-state index is 0.115. The zero-order valence-electron chi connectivity index (χ0n) is 20.2. The lowest BCUT2D eigenvalue weighted by Crippen LogP contribution is -2.52. The molecular weight excluding hydrogens is 410 g/mol. The van der Waals surface area contributed by atoms with Crippen LogP contribution < -0.4 is 0 Å². The molecule has 5 saturated carbocycles. The summed E-state index contributed by atoms with van der Waals surface area (Å²) in [5, 5.41) is 24.1. The largest absolute Gasteiger partial charge is 0.390 e. The quantitative estimate of drug-likeness (QED) is 0.703. The minimum atomic E-state index is -0.462. The SMILES string of the molecule is C[C@@]1(O)CC[C@H]2[C@H](CC[C@@H]3[C@@H]2CC[C@]2(C)[C@@H](C(=O)Cn4ccc(C#N)n4)CC(C4CC4)[C@@H]32)C1. The zero-order valence-corrected chi connectivity index (χ0v) is 20.2. The van der Waals surface area contributed by atoms with Crippen LogP contribution in [0.15, 0.2) is 12.3 Å². The van der Waals surface area contributed by atoms with Gasteiger partial charge in [0.25, 0.3) is 0 Å². The Balaban J connectivity index is 1.25. The van der Waals surface area contributed by atoms with Crippen molar-refractivity contribution in [3.63, 3.8) is 0 Å². The fourth-order valence-corrected chi connectivity index (χ4v) is 9.55.